The molecule has 2 rings (SSSR count). The molecule has 2 N–H and O–H groups in total. The summed E-state index contributed by atoms with van der Waals surface area (Å²) in [6, 6.07) is 9.22. The molecule has 0 bridgehead atoms. The van der Waals surface area contributed by atoms with Crippen LogP contribution >= 0.6 is 0 Å². The number of aliphatic hydroxyl groups is 1. The average molecular weight is 471 g/mol. The van der Waals surface area contributed by atoms with Gasteiger partial charge in [0.25, 0.3) is 0 Å². The Morgan fingerprint density at radius 1 is 1.18 bits per heavy atom. The Morgan fingerprint density at radius 3 is 2.50 bits per heavy atom. The first-order valence-corrected chi connectivity index (χ1v) is 12.0. The number of nitrogens with zero attached hydrogens (tertiary/aromatic N) is 1. The first-order valence-electron chi connectivity index (χ1n) is 12.0. The van der Waals surface area contributed by atoms with E-state index >= 15 is 0 Å². The number of carbonyl (C=O) groups excluding carboxylic acids is 3. The zero-order chi connectivity index (χ0) is 24.9. The summed E-state index contributed by atoms with van der Waals surface area (Å²) in [5, 5.41) is 11.8. The lowest BCUT2D eigenvalue weighted by molar-refractivity contribution is -0.152. The lowest BCUT2D eigenvalue weighted by Crippen LogP contribution is -2.44. The Labute approximate surface area is 202 Å². The van der Waals surface area contributed by atoms with Crippen molar-refractivity contribution in [1.29, 1.82) is 0 Å². The number of allylic oxidation sites excluding steroid dienone is 2. The van der Waals surface area contributed by atoms with E-state index in [1.54, 1.807) is 24.0 Å². The second-order valence-corrected chi connectivity index (χ2v) is 8.95. The van der Waals surface area contributed by atoms with E-state index in [4.69, 9.17) is 9.84 Å². The fraction of sp³-hybridized carbons (Fsp3) is 0.519. The van der Waals surface area contributed by atoms with Gasteiger partial charge in [-0.2, -0.15) is 0 Å². The van der Waals surface area contributed by atoms with Crippen molar-refractivity contribution in [2.75, 3.05) is 19.8 Å². The SMILES string of the molecule is C=CC[C@@H](Cc1ccccc1)C(=O)OC[C@@H]1CCCN1C(=O)[C@H](CC=C)CC(=O)N[C@@H](C)CO. The molecule has 1 heterocycles. The minimum atomic E-state index is -0.536. The molecule has 1 aromatic rings. The standard InChI is InChI=1S/C27H38N2O5/c1-4-10-22(17-25(31)28-20(3)18-30)26(32)29-15-9-14-24(29)19-34-27(33)23(11-5-2)16-21-12-7-6-8-13-21/h4-8,12-13,20,22-24,30H,1-2,9-11,14-19H2,3H3,(H,28,31)/t20-,22+,23-,24-/m0/s1. The summed E-state index contributed by atoms with van der Waals surface area (Å²) in [6.07, 6.45) is 6.42. The van der Waals surface area contributed by atoms with Crippen molar-refractivity contribution in [2.45, 2.75) is 57.5 Å². The van der Waals surface area contributed by atoms with Crippen molar-refractivity contribution in [1.82, 2.24) is 10.2 Å². The van der Waals surface area contributed by atoms with Gasteiger partial charge in [-0.1, -0.05) is 42.5 Å². The first-order chi connectivity index (χ1) is 16.4. The minimum absolute atomic E-state index is 0.0245. The van der Waals surface area contributed by atoms with Crippen LogP contribution in [-0.4, -0.2) is 59.6 Å². The molecule has 0 aliphatic carbocycles. The van der Waals surface area contributed by atoms with Crippen LogP contribution in [0.1, 0.15) is 44.6 Å². The number of rotatable bonds is 14. The van der Waals surface area contributed by atoms with Crippen LogP contribution in [0.3, 0.4) is 0 Å². The molecular formula is C27H38N2O5. The number of nitrogens with one attached hydrogen (secondary N) is 1. The van der Waals surface area contributed by atoms with Crippen molar-refractivity contribution in [2.24, 2.45) is 11.8 Å². The smallest absolute Gasteiger partial charge is 0.309 e. The highest BCUT2D eigenvalue weighted by Crippen LogP contribution is 2.24. The second-order valence-electron chi connectivity index (χ2n) is 8.95. The summed E-state index contributed by atoms with van der Waals surface area (Å²) in [4.78, 5) is 40.1. The predicted octanol–water partition coefficient (Wildman–Crippen LogP) is 3.04. The van der Waals surface area contributed by atoms with Crippen LogP contribution in [0.5, 0.6) is 0 Å². The summed E-state index contributed by atoms with van der Waals surface area (Å²) in [5.74, 6) is -1.56. The van der Waals surface area contributed by atoms with Gasteiger partial charge in [-0.25, -0.2) is 0 Å². The van der Waals surface area contributed by atoms with Gasteiger partial charge in [0.1, 0.15) is 6.61 Å². The molecule has 7 nitrogen and oxygen atoms in total. The van der Waals surface area contributed by atoms with Crippen LogP contribution in [0.25, 0.3) is 0 Å². The fourth-order valence-electron chi connectivity index (χ4n) is 4.27. The molecule has 34 heavy (non-hydrogen) atoms. The summed E-state index contributed by atoms with van der Waals surface area (Å²) < 4.78 is 5.67. The summed E-state index contributed by atoms with van der Waals surface area (Å²) in [5.41, 5.74) is 1.06. The third-order valence-corrected chi connectivity index (χ3v) is 6.10. The Balaban J connectivity index is 1.97. The number of carbonyl (C=O) groups is 3. The molecule has 1 saturated heterocycles. The molecule has 0 unspecified atom stereocenters. The number of hydrogen-bond donors (Lipinski definition) is 2. The molecule has 0 aromatic heterocycles. The number of ether oxygens (including phenoxy) is 1. The van der Waals surface area contributed by atoms with Gasteiger partial charge >= 0.3 is 5.97 Å². The van der Waals surface area contributed by atoms with E-state index in [0.29, 0.717) is 25.8 Å². The van der Waals surface area contributed by atoms with Crippen LogP contribution in [0.2, 0.25) is 0 Å². The normalized spacial score (nSPS) is 17.9. The largest absolute Gasteiger partial charge is 0.463 e. The fourth-order valence-corrected chi connectivity index (χ4v) is 4.27. The number of amides is 2. The van der Waals surface area contributed by atoms with Crippen LogP contribution in [0.15, 0.2) is 55.6 Å². The van der Waals surface area contributed by atoms with Gasteiger partial charge in [0.15, 0.2) is 0 Å². The van der Waals surface area contributed by atoms with E-state index in [0.717, 1.165) is 18.4 Å². The Kier molecular flexibility index (Phi) is 11.5. The van der Waals surface area contributed by atoms with E-state index in [2.05, 4.69) is 18.5 Å². The van der Waals surface area contributed by atoms with E-state index in [9.17, 15) is 14.4 Å². The maximum absolute atomic E-state index is 13.3. The zero-order valence-electron chi connectivity index (χ0n) is 20.2. The van der Waals surface area contributed by atoms with E-state index in [-0.39, 0.29) is 55.4 Å². The van der Waals surface area contributed by atoms with E-state index < -0.39 is 5.92 Å². The highest BCUT2D eigenvalue weighted by atomic mass is 16.5. The lowest BCUT2D eigenvalue weighted by atomic mass is 9.96. The Bertz CT molecular complexity index is 826. The summed E-state index contributed by atoms with van der Waals surface area (Å²) in [6.45, 7) is 9.74. The Hall–Kier alpha value is -2.93. The van der Waals surface area contributed by atoms with Crippen LogP contribution in [0, 0.1) is 11.8 Å². The second kappa shape index (κ2) is 14.4. The molecule has 1 fully saturated rings. The highest BCUT2D eigenvalue weighted by Gasteiger charge is 2.34. The number of aliphatic hydroxyl groups excluding tert-OH is 1. The summed E-state index contributed by atoms with van der Waals surface area (Å²) >= 11 is 0. The van der Waals surface area contributed by atoms with Gasteiger partial charge in [0.05, 0.1) is 24.5 Å². The molecule has 4 atom stereocenters. The van der Waals surface area contributed by atoms with Gasteiger partial charge in [-0.3, -0.25) is 14.4 Å². The first kappa shape index (κ1) is 27.3. The van der Waals surface area contributed by atoms with E-state index in [1.165, 1.54) is 0 Å². The number of benzene rings is 1. The molecule has 0 radical (unpaired) electrons. The molecule has 7 heteroatoms. The molecule has 0 spiro atoms. The zero-order valence-corrected chi connectivity index (χ0v) is 20.2. The predicted molar refractivity (Wildman–Crippen MR) is 132 cm³/mol. The molecule has 2 amide bonds. The van der Waals surface area contributed by atoms with Gasteiger partial charge in [0, 0.05) is 19.0 Å². The minimum Gasteiger partial charge on any atom is -0.463 e. The molecule has 186 valence electrons. The number of likely N-dealkylation sites (tertiary alicyclic amines) is 1. The topological polar surface area (TPSA) is 95.9 Å². The van der Waals surface area contributed by atoms with Crippen molar-refractivity contribution in [3.63, 3.8) is 0 Å². The number of hydrogen-bond acceptors (Lipinski definition) is 5. The molecule has 1 aromatic carbocycles. The van der Waals surface area contributed by atoms with Crippen molar-refractivity contribution < 1.29 is 24.2 Å². The monoisotopic (exact) mass is 470 g/mol. The van der Waals surface area contributed by atoms with Crippen LogP contribution in [0.4, 0.5) is 0 Å². The van der Waals surface area contributed by atoms with E-state index in [1.807, 2.05) is 30.3 Å². The van der Waals surface area contributed by atoms with Crippen LogP contribution in [-0.2, 0) is 25.5 Å². The van der Waals surface area contributed by atoms with Gasteiger partial charge < -0.3 is 20.1 Å². The summed E-state index contributed by atoms with van der Waals surface area (Å²) in [7, 11) is 0. The van der Waals surface area contributed by atoms with Crippen molar-refractivity contribution in [3.8, 4) is 0 Å². The molecule has 0 saturated carbocycles. The maximum Gasteiger partial charge on any atom is 0.309 e. The highest BCUT2D eigenvalue weighted by molar-refractivity contribution is 5.86. The third-order valence-electron chi connectivity index (χ3n) is 6.10. The lowest BCUT2D eigenvalue weighted by Gasteiger charge is -2.29. The van der Waals surface area contributed by atoms with Crippen LogP contribution < -0.4 is 5.32 Å². The quantitative estimate of drug-likeness (QED) is 0.322. The average Bonchev–Trinajstić information content (AvgIpc) is 3.30. The number of esters is 1. The maximum atomic E-state index is 13.3. The van der Waals surface area contributed by atoms with Gasteiger partial charge in [-0.15, -0.1) is 13.2 Å². The van der Waals surface area contributed by atoms with Gasteiger partial charge in [0.2, 0.25) is 11.8 Å². The van der Waals surface area contributed by atoms with Gasteiger partial charge in [-0.05, 0) is 44.6 Å². The molecule has 1 aliphatic heterocycles. The van der Waals surface area contributed by atoms with Crippen molar-refractivity contribution >= 4 is 17.8 Å². The van der Waals surface area contributed by atoms with Crippen molar-refractivity contribution in [3.05, 3.63) is 61.2 Å². The molecular weight excluding hydrogens is 432 g/mol. The molecule has 1 aliphatic rings. The third kappa shape index (κ3) is 8.45. The Morgan fingerprint density at radius 2 is 1.85 bits per heavy atom.